The summed E-state index contributed by atoms with van der Waals surface area (Å²) in [6.45, 7) is 4.45. The number of esters is 1. The number of rotatable bonds is 6. The topological polar surface area (TPSA) is 90.2 Å². The molecule has 1 aromatic carbocycles. The molecule has 0 radical (unpaired) electrons. The summed E-state index contributed by atoms with van der Waals surface area (Å²) in [5.41, 5.74) is 6.80. The second-order valence-corrected chi connectivity index (χ2v) is 4.41. The fourth-order valence-electron chi connectivity index (χ4n) is 1.91. The van der Waals surface area contributed by atoms with E-state index < -0.39 is 5.97 Å². The predicted molar refractivity (Wildman–Crippen MR) is 90.3 cm³/mol. The van der Waals surface area contributed by atoms with Gasteiger partial charge in [-0.2, -0.15) is 5.10 Å². The molecular weight excluding hydrogens is 329 g/mol. The SMILES string of the molecule is CCOC(=O)c1cc2[nH]ncc2cc1OC(CC)CN.Cl.Cl. The van der Waals surface area contributed by atoms with Crippen molar-refractivity contribution in [3.8, 4) is 5.75 Å². The molecule has 1 heterocycles. The Balaban J connectivity index is 0.00000220. The zero-order valence-corrected chi connectivity index (χ0v) is 14.1. The van der Waals surface area contributed by atoms with Crippen LogP contribution in [0.2, 0.25) is 0 Å². The van der Waals surface area contributed by atoms with Gasteiger partial charge in [0.15, 0.2) is 0 Å². The van der Waals surface area contributed by atoms with Gasteiger partial charge in [-0.3, -0.25) is 5.10 Å². The van der Waals surface area contributed by atoms with Crippen molar-refractivity contribution in [1.29, 1.82) is 0 Å². The van der Waals surface area contributed by atoms with Crippen molar-refractivity contribution in [1.82, 2.24) is 10.2 Å². The minimum atomic E-state index is -0.411. The van der Waals surface area contributed by atoms with Crippen molar-refractivity contribution in [2.24, 2.45) is 5.73 Å². The lowest BCUT2D eigenvalue weighted by Gasteiger charge is -2.17. The third-order valence-electron chi connectivity index (χ3n) is 3.05. The fraction of sp³-hybridized carbons (Fsp3) is 0.429. The quantitative estimate of drug-likeness (QED) is 0.782. The Hall–Kier alpha value is -1.50. The molecular formula is C14H21Cl2N3O3. The highest BCUT2D eigenvalue weighted by atomic mass is 35.5. The van der Waals surface area contributed by atoms with Crippen molar-refractivity contribution in [2.75, 3.05) is 13.2 Å². The zero-order chi connectivity index (χ0) is 14.5. The van der Waals surface area contributed by atoms with Crippen LogP contribution >= 0.6 is 24.8 Å². The van der Waals surface area contributed by atoms with Crippen LogP contribution < -0.4 is 10.5 Å². The van der Waals surface area contributed by atoms with Crippen LogP contribution in [0, 0.1) is 0 Å². The molecule has 124 valence electrons. The molecule has 8 heteroatoms. The van der Waals surface area contributed by atoms with Gasteiger partial charge in [-0.15, -0.1) is 24.8 Å². The lowest BCUT2D eigenvalue weighted by molar-refractivity contribution is 0.0519. The van der Waals surface area contributed by atoms with Gasteiger partial charge in [0.2, 0.25) is 0 Å². The van der Waals surface area contributed by atoms with Crippen LogP contribution in [-0.4, -0.2) is 35.4 Å². The number of hydrogen-bond donors (Lipinski definition) is 2. The second-order valence-electron chi connectivity index (χ2n) is 4.41. The minimum Gasteiger partial charge on any atom is -0.488 e. The molecule has 0 aliphatic rings. The number of H-pyrrole nitrogens is 1. The number of fused-ring (bicyclic) bond motifs is 1. The molecule has 6 nitrogen and oxygen atoms in total. The van der Waals surface area contributed by atoms with Gasteiger partial charge in [0.05, 0.1) is 18.3 Å². The third kappa shape index (κ3) is 4.50. The number of carbonyl (C=O) groups is 1. The summed E-state index contributed by atoms with van der Waals surface area (Å²) in [5, 5.41) is 7.65. The number of aromatic amines is 1. The molecule has 1 aromatic heterocycles. The first-order valence-corrected chi connectivity index (χ1v) is 6.70. The summed E-state index contributed by atoms with van der Waals surface area (Å²) in [6.07, 6.45) is 2.32. The molecule has 0 aliphatic carbocycles. The van der Waals surface area contributed by atoms with Gasteiger partial charge in [-0.1, -0.05) is 6.92 Å². The van der Waals surface area contributed by atoms with Crippen molar-refractivity contribution < 1.29 is 14.3 Å². The largest absolute Gasteiger partial charge is 0.488 e. The first kappa shape index (κ1) is 20.5. The number of nitrogens with two attached hydrogens (primary N) is 1. The summed E-state index contributed by atoms with van der Waals surface area (Å²) in [7, 11) is 0. The van der Waals surface area contributed by atoms with Gasteiger partial charge >= 0.3 is 5.97 Å². The van der Waals surface area contributed by atoms with Gasteiger partial charge in [0, 0.05) is 11.9 Å². The minimum absolute atomic E-state index is 0. The van der Waals surface area contributed by atoms with E-state index in [4.69, 9.17) is 15.2 Å². The van der Waals surface area contributed by atoms with Crippen LogP contribution in [-0.2, 0) is 4.74 Å². The maximum absolute atomic E-state index is 12.0. The van der Waals surface area contributed by atoms with Crippen LogP contribution in [0.3, 0.4) is 0 Å². The van der Waals surface area contributed by atoms with Crippen molar-refractivity contribution in [3.05, 3.63) is 23.9 Å². The molecule has 2 aromatic rings. The van der Waals surface area contributed by atoms with Crippen LogP contribution in [0.15, 0.2) is 18.3 Å². The monoisotopic (exact) mass is 349 g/mol. The molecule has 1 atom stereocenters. The summed E-state index contributed by atoms with van der Waals surface area (Å²) in [6, 6.07) is 3.47. The molecule has 1 unspecified atom stereocenters. The first-order chi connectivity index (χ1) is 9.69. The Bertz CT molecular complexity index is 600. The van der Waals surface area contributed by atoms with E-state index in [2.05, 4.69) is 10.2 Å². The standard InChI is InChI=1S/C14H19N3O3.2ClH/c1-3-10(7-15)20-13-5-9-8-16-17-12(9)6-11(13)14(18)19-4-2;;/h5-6,8,10H,3-4,7,15H2,1-2H3,(H,16,17);2*1H. The highest BCUT2D eigenvalue weighted by molar-refractivity contribution is 5.97. The average molecular weight is 350 g/mol. The van der Waals surface area contributed by atoms with Crippen molar-refractivity contribution >= 4 is 41.7 Å². The molecule has 2 rings (SSSR count). The molecule has 0 fully saturated rings. The van der Waals surface area contributed by atoms with Gasteiger partial charge < -0.3 is 15.2 Å². The number of benzene rings is 1. The van der Waals surface area contributed by atoms with Crippen molar-refractivity contribution in [2.45, 2.75) is 26.4 Å². The van der Waals surface area contributed by atoms with Crippen LogP contribution in [0.1, 0.15) is 30.6 Å². The number of ether oxygens (including phenoxy) is 2. The molecule has 0 bridgehead atoms. The molecule has 0 saturated carbocycles. The van der Waals surface area contributed by atoms with E-state index in [0.29, 0.717) is 24.5 Å². The van der Waals surface area contributed by atoms with Gasteiger partial charge in [0.1, 0.15) is 17.4 Å². The van der Waals surface area contributed by atoms with E-state index in [1.54, 1.807) is 25.3 Å². The van der Waals surface area contributed by atoms with E-state index in [1.807, 2.05) is 6.92 Å². The van der Waals surface area contributed by atoms with Gasteiger partial charge in [-0.05, 0) is 25.5 Å². The maximum atomic E-state index is 12.0. The Morgan fingerprint density at radius 3 is 2.68 bits per heavy atom. The second kappa shape index (κ2) is 9.50. The molecule has 0 saturated heterocycles. The lowest BCUT2D eigenvalue weighted by atomic mass is 10.1. The summed E-state index contributed by atoms with van der Waals surface area (Å²) in [5.74, 6) is 0.0699. The molecule has 0 amide bonds. The number of carbonyl (C=O) groups excluding carboxylic acids is 1. The normalized spacial score (nSPS) is 11.2. The van der Waals surface area contributed by atoms with E-state index in [9.17, 15) is 4.79 Å². The maximum Gasteiger partial charge on any atom is 0.341 e. The third-order valence-corrected chi connectivity index (χ3v) is 3.05. The zero-order valence-electron chi connectivity index (χ0n) is 12.5. The van der Waals surface area contributed by atoms with E-state index >= 15 is 0 Å². The number of aromatic nitrogens is 2. The van der Waals surface area contributed by atoms with Crippen LogP contribution in [0.4, 0.5) is 0 Å². The van der Waals surface area contributed by atoms with Crippen molar-refractivity contribution in [3.63, 3.8) is 0 Å². The van der Waals surface area contributed by atoms with E-state index in [1.165, 1.54) is 0 Å². The summed E-state index contributed by atoms with van der Waals surface area (Å²) in [4.78, 5) is 12.0. The van der Waals surface area contributed by atoms with Gasteiger partial charge in [-0.25, -0.2) is 4.79 Å². The highest BCUT2D eigenvalue weighted by Crippen LogP contribution is 2.27. The average Bonchev–Trinajstić information content (AvgIpc) is 2.91. The number of nitrogens with zero attached hydrogens (tertiary/aromatic N) is 1. The van der Waals surface area contributed by atoms with Crippen LogP contribution in [0.5, 0.6) is 5.75 Å². The number of nitrogens with one attached hydrogen (secondary N) is 1. The Kier molecular flexibility index (Phi) is 8.86. The van der Waals surface area contributed by atoms with E-state index in [-0.39, 0.29) is 30.9 Å². The molecule has 0 aliphatic heterocycles. The lowest BCUT2D eigenvalue weighted by Crippen LogP contribution is -2.26. The fourth-order valence-corrected chi connectivity index (χ4v) is 1.91. The van der Waals surface area contributed by atoms with E-state index in [0.717, 1.165) is 17.3 Å². The smallest absolute Gasteiger partial charge is 0.341 e. The molecule has 22 heavy (non-hydrogen) atoms. The number of hydrogen-bond acceptors (Lipinski definition) is 5. The Labute approximate surface area is 141 Å². The number of halogens is 2. The van der Waals surface area contributed by atoms with Gasteiger partial charge in [0.25, 0.3) is 0 Å². The summed E-state index contributed by atoms with van der Waals surface area (Å²) < 4.78 is 10.9. The summed E-state index contributed by atoms with van der Waals surface area (Å²) >= 11 is 0. The molecule has 3 N–H and O–H groups in total. The predicted octanol–water partition coefficient (Wildman–Crippen LogP) is 2.70. The Morgan fingerprint density at radius 2 is 2.09 bits per heavy atom. The highest BCUT2D eigenvalue weighted by Gasteiger charge is 2.18. The Morgan fingerprint density at radius 1 is 1.36 bits per heavy atom. The van der Waals surface area contributed by atoms with Crippen LogP contribution in [0.25, 0.3) is 10.9 Å². The first-order valence-electron chi connectivity index (χ1n) is 6.70. The molecule has 0 spiro atoms.